The Balaban J connectivity index is 1.98. The van der Waals surface area contributed by atoms with E-state index in [1.807, 2.05) is 27.8 Å². The van der Waals surface area contributed by atoms with Crippen LogP contribution in [0.2, 0.25) is 0 Å². The fourth-order valence-electron chi connectivity index (χ4n) is 1.32. The molecule has 8 heteroatoms. The molecule has 0 fully saturated rings. The number of hydrogen-bond donors (Lipinski definition) is 1. The molecule has 19 heavy (non-hydrogen) atoms. The van der Waals surface area contributed by atoms with Crippen molar-refractivity contribution in [1.29, 1.82) is 0 Å². The van der Waals surface area contributed by atoms with Gasteiger partial charge in [-0.25, -0.2) is 4.98 Å². The number of nitrogens with zero attached hydrogens (tertiary/aromatic N) is 4. The van der Waals surface area contributed by atoms with Crippen LogP contribution in [0, 0.1) is 13.8 Å². The molecule has 1 amide bonds. The van der Waals surface area contributed by atoms with E-state index in [4.69, 9.17) is 0 Å². The molecular weight excluding hydrogens is 282 g/mol. The van der Waals surface area contributed by atoms with Crippen molar-refractivity contribution in [2.75, 3.05) is 5.32 Å². The molecule has 2 heterocycles. The normalized spacial score (nSPS) is 12.4. The maximum Gasteiger partial charge on any atom is 0.239 e. The second-order valence-electron chi connectivity index (χ2n) is 4.13. The number of carbonyl (C=O) groups is 1. The van der Waals surface area contributed by atoms with Crippen LogP contribution in [0.4, 0.5) is 5.13 Å². The summed E-state index contributed by atoms with van der Waals surface area (Å²) in [4.78, 5) is 17.5. The maximum atomic E-state index is 12.0. The van der Waals surface area contributed by atoms with E-state index in [0.29, 0.717) is 10.3 Å². The van der Waals surface area contributed by atoms with Gasteiger partial charge in [-0.2, -0.15) is 0 Å². The van der Waals surface area contributed by atoms with Crippen LogP contribution >= 0.6 is 23.1 Å². The second kappa shape index (κ2) is 5.70. The summed E-state index contributed by atoms with van der Waals surface area (Å²) in [7, 11) is 1.85. The van der Waals surface area contributed by atoms with Gasteiger partial charge in [0.25, 0.3) is 0 Å². The molecule has 1 atom stereocenters. The molecule has 0 spiro atoms. The molecule has 2 rings (SSSR count). The van der Waals surface area contributed by atoms with Gasteiger partial charge in [0.15, 0.2) is 10.3 Å². The zero-order chi connectivity index (χ0) is 14.0. The first-order valence-electron chi connectivity index (χ1n) is 5.73. The molecule has 0 aliphatic rings. The largest absolute Gasteiger partial charge is 0.312 e. The summed E-state index contributed by atoms with van der Waals surface area (Å²) in [6, 6.07) is 0. The Hall–Kier alpha value is -1.41. The predicted octanol–water partition coefficient (Wildman–Crippen LogP) is 2.01. The standard InChI is InChI=1S/C11H15N5OS2/c1-6-7(2)18-10(13-6)14-9(17)8(3)19-11-15-12-5-16(11)4/h5,8H,1-4H3,(H,13,14,17)/t8-/m1/s1. The van der Waals surface area contributed by atoms with E-state index >= 15 is 0 Å². The first-order valence-corrected chi connectivity index (χ1v) is 7.42. The van der Waals surface area contributed by atoms with Crippen LogP contribution in [0.1, 0.15) is 17.5 Å². The van der Waals surface area contributed by atoms with Gasteiger partial charge >= 0.3 is 0 Å². The average molecular weight is 297 g/mol. The summed E-state index contributed by atoms with van der Waals surface area (Å²) in [5.74, 6) is -0.0817. The summed E-state index contributed by atoms with van der Waals surface area (Å²) < 4.78 is 1.78. The smallest absolute Gasteiger partial charge is 0.239 e. The van der Waals surface area contributed by atoms with E-state index in [2.05, 4.69) is 20.5 Å². The summed E-state index contributed by atoms with van der Waals surface area (Å²) in [5, 5.41) is 11.7. The van der Waals surface area contributed by atoms with Crippen LogP contribution in [-0.4, -0.2) is 30.9 Å². The van der Waals surface area contributed by atoms with Gasteiger partial charge < -0.3 is 9.88 Å². The van der Waals surface area contributed by atoms with Gasteiger partial charge in [0, 0.05) is 11.9 Å². The van der Waals surface area contributed by atoms with Crippen molar-refractivity contribution in [3.8, 4) is 0 Å². The van der Waals surface area contributed by atoms with Crippen LogP contribution in [0.15, 0.2) is 11.5 Å². The Morgan fingerprint density at radius 2 is 2.26 bits per heavy atom. The number of carbonyl (C=O) groups excluding carboxylic acids is 1. The third kappa shape index (κ3) is 3.32. The lowest BCUT2D eigenvalue weighted by Gasteiger charge is -2.09. The molecule has 2 aromatic rings. The highest BCUT2D eigenvalue weighted by Gasteiger charge is 2.18. The molecule has 0 saturated carbocycles. The molecule has 0 radical (unpaired) electrons. The van der Waals surface area contributed by atoms with Gasteiger partial charge in [0.1, 0.15) is 6.33 Å². The Kier molecular flexibility index (Phi) is 4.20. The number of nitrogens with one attached hydrogen (secondary N) is 1. The van der Waals surface area contributed by atoms with E-state index < -0.39 is 0 Å². The molecule has 6 nitrogen and oxygen atoms in total. The zero-order valence-electron chi connectivity index (χ0n) is 11.2. The third-order valence-electron chi connectivity index (χ3n) is 2.58. The first kappa shape index (κ1) is 14.0. The van der Waals surface area contributed by atoms with Crippen LogP contribution in [-0.2, 0) is 11.8 Å². The van der Waals surface area contributed by atoms with Crippen molar-refractivity contribution in [3.05, 3.63) is 16.9 Å². The minimum atomic E-state index is -0.257. The highest BCUT2D eigenvalue weighted by atomic mass is 32.2. The van der Waals surface area contributed by atoms with Crippen LogP contribution in [0.25, 0.3) is 0 Å². The molecule has 0 aliphatic carbocycles. The van der Waals surface area contributed by atoms with E-state index in [1.54, 1.807) is 10.9 Å². The minimum absolute atomic E-state index is 0.0817. The van der Waals surface area contributed by atoms with E-state index in [-0.39, 0.29) is 11.2 Å². The molecule has 0 aromatic carbocycles. The van der Waals surface area contributed by atoms with Crippen LogP contribution < -0.4 is 5.32 Å². The average Bonchev–Trinajstić information content (AvgIpc) is 2.87. The molecule has 0 unspecified atom stereocenters. The van der Waals surface area contributed by atoms with E-state index in [9.17, 15) is 4.79 Å². The first-order chi connectivity index (χ1) is 8.97. The Morgan fingerprint density at radius 1 is 1.53 bits per heavy atom. The quantitative estimate of drug-likeness (QED) is 0.874. The van der Waals surface area contributed by atoms with Gasteiger partial charge in [-0.1, -0.05) is 11.8 Å². The number of thioether (sulfide) groups is 1. The number of hydrogen-bond acceptors (Lipinski definition) is 6. The van der Waals surface area contributed by atoms with Crippen molar-refractivity contribution in [3.63, 3.8) is 0 Å². The predicted molar refractivity (Wildman–Crippen MR) is 76.5 cm³/mol. The van der Waals surface area contributed by atoms with Crippen molar-refractivity contribution < 1.29 is 4.79 Å². The highest BCUT2D eigenvalue weighted by molar-refractivity contribution is 8.00. The number of rotatable bonds is 4. The third-order valence-corrected chi connectivity index (χ3v) is 4.72. The SMILES string of the molecule is Cc1nc(NC(=O)[C@@H](C)Sc2nncn2C)sc1C. The summed E-state index contributed by atoms with van der Waals surface area (Å²) in [6.45, 7) is 5.75. The molecule has 0 saturated heterocycles. The van der Waals surface area contributed by atoms with Gasteiger partial charge in [-0.05, 0) is 20.8 Å². The van der Waals surface area contributed by atoms with Crippen molar-refractivity contribution in [2.45, 2.75) is 31.2 Å². The van der Waals surface area contributed by atoms with Crippen LogP contribution in [0.5, 0.6) is 0 Å². The van der Waals surface area contributed by atoms with Crippen molar-refractivity contribution >= 4 is 34.1 Å². The Morgan fingerprint density at radius 3 is 2.79 bits per heavy atom. The molecule has 0 aliphatic heterocycles. The number of thiazole rings is 1. The molecule has 102 valence electrons. The molecule has 1 N–H and O–H groups in total. The number of aromatic nitrogens is 4. The van der Waals surface area contributed by atoms with Crippen molar-refractivity contribution in [2.24, 2.45) is 7.05 Å². The minimum Gasteiger partial charge on any atom is -0.312 e. The lowest BCUT2D eigenvalue weighted by molar-refractivity contribution is -0.115. The highest BCUT2D eigenvalue weighted by Crippen LogP contribution is 2.24. The zero-order valence-corrected chi connectivity index (χ0v) is 12.8. The van der Waals surface area contributed by atoms with Gasteiger partial charge in [0.2, 0.25) is 5.91 Å². The molecular formula is C11H15N5OS2. The van der Waals surface area contributed by atoms with Gasteiger partial charge in [-0.3, -0.25) is 4.79 Å². The Labute approximate surface area is 119 Å². The summed E-state index contributed by atoms with van der Waals surface area (Å²) in [6.07, 6.45) is 1.61. The van der Waals surface area contributed by atoms with E-state index in [1.165, 1.54) is 23.1 Å². The fraction of sp³-hybridized carbons (Fsp3) is 0.455. The maximum absolute atomic E-state index is 12.0. The summed E-state index contributed by atoms with van der Waals surface area (Å²) in [5.41, 5.74) is 0.953. The topological polar surface area (TPSA) is 72.7 Å². The molecule has 0 bridgehead atoms. The van der Waals surface area contributed by atoms with Gasteiger partial charge in [0.05, 0.1) is 10.9 Å². The second-order valence-corrected chi connectivity index (χ2v) is 6.65. The Bertz CT molecular complexity index is 572. The lowest BCUT2D eigenvalue weighted by atomic mass is 10.4. The van der Waals surface area contributed by atoms with Crippen molar-refractivity contribution in [1.82, 2.24) is 19.7 Å². The number of anilines is 1. The molecule has 2 aromatic heterocycles. The fourth-order valence-corrected chi connectivity index (χ4v) is 2.93. The number of aryl methyl sites for hydroxylation is 3. The number of amides is 1. The summed E-state index contributed by atoms with van der Waals surface area (Å²) >= 11 is 2.86. The van der Waals surface area contributed by atoms with Crippen LogP contribution in [0.3, 0.4) is 0 Å². The van der Waals surface area contributed by atoms with E-state index in [0.717, 1.165) is 10.6 Å². The monoisotopic (exact) mass is 297 g/mol. The van der Waals surface area contributed by atoms with Gasteiger partial charge in [-0.15, -0.1) is 21.5 Å². The lowest BCUT2D eigenvalue weighted by Crippen LogP contribution is -2.22.